The number of fused-ring (bicyclic) bond motifs is 1. The molecular formula is C26H32N2O4S. The van der Waals surface area contributed by atoms with Gasteiger partial charge in [0.05, 0.1) is 0 Å². The lowest BCUT2D eigenvalue weighted by Gasteiger charge is -2.31. The first kappa shape index (κ1) is 24.7. The number of sulfonamides is 1. The molecule has 3 rings (SSSR count). The van der Waals surface area contributed by atoms with Gasteiger partial charge in [0.2, 0.25) is 11.6 Å². The molecule has 1 aliphatic rings. The number of rotatable bonds is 11. The van der Waals surface area contributed by atoms with Gasteiger partial charge in [0.1, 0.15) is 5.70 Å². The summed E-state index contributed by atoms with van der Waals surface area (Å²) in [7, 11) is -4.30. The average Bonchev–Trinajstić information content (AvgIpc) is 2.80. The van der Waals surface area contributed by atoms with Crippen molar-refractivity contribution in [1.82, 2.24) is 4.90 Å². The zero-order chi connectivity index (χ0) is 24.0. The van der Waals surface area contributed by atoms with Gasteiger partial charge < -0.3 is 4.90 Å². The molecule has 0 heterocycles. The second kappa shape index (κ2) is 10.8. The zero-order valence-electron chi connectivity index (χ0n) is 19.6. The topological polar surface area (TPSA) is 83.6 Å². The highest BCUT2D eigenvalue weighted by atomic mass is 32.2. The average molecular weight is 469 g/mol. The number of aryl methyl sites for hydroxylation is 1. The van der Waals surface area contributed by atoms with Crippen molar-refractivity contribution >= 4 is 27.3 Å². The highest BCUT2D eigenvalue weighted by Gasteiger charge is 2.41. The predicted octanol–water partition coefficient (Wildman–Crippen LogP) is 5.18. The normalized spacial score (nSPS) is 13.8. The van der Waals surface area contributed by atoms with E-state index >= 15 is 0 Å². The van der Waals surface area contributed by atoms with Crippen molar-refractivity contribution in [2.24, 2.45) is 0 Å². The van der Waals surface area contributed by atoms with Gasteiger partial charge in [-0.05, 0) is 43.4 Å². The summed E-state index contributed by atoms with van der Waals surface area (Å²) in [6.45, 7) is 7.00. The first-order valence-electron chi connectivity index (χ1n) is 11.6. The Balaban J connectivity index is 2.08. The van der Waals surface area contributed by atoms with Crippen molar-refractivity contribution in [3.8, 4) is 0 Å². The molecule has 0 spiro atoms. The summed E-state index contributed by atoms with van der Waals surface area (Å²) < 4.78 is 29.6. The standard InChI is InChI=1S/C26H32N2O4S/c1-4-7-10-19-13-15-20(16-14-19)27-33(31,32)26-23(28(17-5-2)18-6-3)24(29)21-11-8-9-12-22(21)25(26)30/h8-9,11-16,27H,4-7,10,17-18H2,1-3H3. The van der Waals surface area contributed by atoms with Gasteiger partial charge in [0.15, 0.2) is 4.91 Å². The Morgan fingerprint density at radius 1 is 0.788 bits per heavy atom. The molecule has 1 N–H and O–H groups in total. The van der Waals surface area contributed by atoms with Crippen LogP contribution in [0.5, 0.6) is 0 Å². The van der Waals surface area contributed by atoms with E-state index in [1.54, 1.807) is 35.2 Å². The summed E-state index contributed by atoms with van der Waals surface area (Å²) in [5.74, 6) is -1.08. The van der Waals surface area contributed by atoms with Crippen LogP contribution in [0.3, 0.4) is 0 Å². The minimum absolute atomic E-state index is 0.0329. The number of benzene rings is 2. The van der Waals surface area contributed by atoms with E-state index in [0.717, 1.165) is 24.8 Å². The van der Waals surface area contributed by atoms with Gasteiger partial charge in [-0.2, -0.15) is 0 Å². The van der Waals surface area contributed by atoms with Gasteiger partial charge >= 0.3 is 0 Å². The van der Waals surface area contributed by atoms with E-state index < -0.39 is 26.5 Å². The van der Waals surface area contributed by atoms with Crippen LogP contribution < -0.4 is 4.72 Å². The molecule has 0 saturated heterocycles. The van der Waals surface area contributed by atoms with Gasteiger partial charge in [0, 0.05) is 29.9 Å². The summed E-state index contributed by atoms with van der Waals surface area (Å²) in [5, 5.41) is 0. The van der Waals surface area contributed by atoms with Crippen LogP contribution in [0.25, 0.3) is 0 Å². The van der Waals surface area contributed by atoms with Crippen molar-refractivity contribution in [3.05, 3.63) is 75.8 Å². The van der Waals surface area contributed by atoms with Gasteiger partial charge in [-0.15, -0.1) is 0 Å². The second-order valence-electron chi connectivity index (χ2n) is 8.27. The van der Waals surface area contributed by atoms with Crippen LogP contribution >= 0.6 is 0 Å². The number of hydrogen-bond acceptors (Lipinski definition) is 5. The van der Waals surface area contributed by atoms with Crippen LogP contribution in [0.15, 0.2) is 59.1 Å². The number of nitrogens with one attached hydrogen (secondary N) is 1. The van der Waals surface area contributed by atoms with Crippen molar-refractivity contribution in [3.63, 3.8) is 0 Å². The molecule has 0 radical (unpaired) electrons. The Hall–Kier alpha value is -2.93. The van der Waals surface area contributed by atoms with E-state index in [1.165, 1.54) is 6.07 Å². The van der Waals surface area contributed by atoms with E-state index in [0.29, 0.717) is 31.6 Å². The predicted molar refractivity (Wildman–Crippen MR) is 132 cm³/mol. The van der Waals surface area contributed by atoms with E-state index in [-0.39, 0.29) is 16.8 Å². The number of unbranched alkanes of at least 4 members (excludes halogenated alkanes) is 1. The van der Waals surface area contributed by atoms with Crippen LogP contribution in [0.4, 0.5) is 5.69 Å². The highest BCUT2D eigenvalue weighted by Crippen LogP contribution is 2.32. The Morgan fingerprint density at radius 2 is 1.36 bits per heavy atom. The molecule has 6 nitrogen and oxygen atoms in total. The number of ketones is 2. The first-order chi connectivity index (χ1) is 15.8. The van der Waals surface area contributed by atoms with Crippen molar-refractivity contribution < 1.29 is 18.0 Å². The fourth-order valence-corrected chi connectivity index (χ4v) is 5.46. The van der Waals surface area contributed by atoms with Gasteiger partial charge in [-0.25, -0.2) is 8.42 Å². The van der Waals surface area contributed by atoms with Crippen molar-refractivity contribution in [2.75, 3.05) is 17.8 Å². The molecule has 0 saturated carbocycles. The zero-order valence-corrected chi connectivity index (χ0v) is 20.4. The third kappa shape index (κ3) is 5.36. The van der Waals surface area contributed by atoms with Crippen LogP contribution in [-0.4, -0.2) is 38.0 Å². The summed E-state index contributed by atoms with van der Waals surface area (Å²) >= 11 is 0. The molecule has 0 aromatic heterocycles. The lowest BCUT2D eigenvalue weighted by Crippen LogP contribution is -2.38. The molecule has 1 aliphatic carbocycles. The molecule has 2 aromatic rings. The summed E-state index contributed by atoms with van der Waals surface area (Å²) in [6, 6.07) is 13.6. The third-order valence-corrected chi connectivity index (χ3v) is 7.07. The SMILES string of the molecule is CCCCc1ccc(NS(=O)(=O)C2=C(N(CCC)CCC)C(=O)c3ccccc3C2=O)cc1. The van der Waals surface area contributed by atoms with Gasteiger partial charge in [-0.3, -0.25) is 14.3 Å². The lowest BCUT2D eigenvalue weighted by atomic mass is 9.91. The van der Waals surface area contributed by atoms with E-state index in [2.05, 4.69) is 11.6 Å². The van der Waals surface area contributed by atoms with Crippen molar-refractivity contribution in [1.29, 1.82) is 0 Å². The minimum Gasteiger partial charge on any atom is -0.367 e. The molecule has 0 amide bonds. The molecule has 0 fully saturated rings. The minimum atomic E-state index is -4.30. The fourth-order valence-electron chi connectivity index (χ4n) is 4.08. The fraction of sp³-hybridized carbons (Fsp3) is 0.385. The van der Waals surface area contributed by atoms with Crippen LogP contribution in [0.2, 0.25) is 0 Å². The Kier molecular flexibility index (Phi) is 8.08. The molecule has 33 heavy (non-hydrogen) atoms. The summed E-state index contributed by atoms with van der Waals surface area (Å²) in [4.78, 5) is 28.2. The Morgan fingerprint density at radius 3 is 1.91 bits per heavy atom. The van der Waals surface area contributed by atoms with Crippen LogP contribution in [0.1, 0.15) is 72.7 Å². The van der Waals surface area contributed by atoms with Gasteiger partial charge in [-0.1, -0.05) is 63.6 Å². The number of allylic oxidation sites excluding steroid dienone is 2. The smallest absolute Gasteiger partial charge is 0.268 e. The second-order valence-corrected chi connectivity index (χ2v) is 9.89. The van der Waals surface area contributed by atoms with Crippen LogP contribution in [0, 0.1) is 0 Å². The number of hydrogen-bond donors (Lipinski definition) is 1. The lowest BCUT2D eigenvalue weighted by molar-refractivity contribution is 0.0946. The third-order valence-electron chi connectivity index (χ3n) is 5.65. The quantitative estimate of drug-likeness (QED) is 0.491. The van der Waals surface area contributed by atoms with Crippen molar-refractivity contribution in [2.45, 2.75) is 52.9 Å². The van der Waals surface area contributed by atoms with E-state index in [1.807, 2.05) is 26.0 Å². The number of carbonyl (C=O) groups is 2. The number of Topliss-reactive ketones (excluding diaryl/α,β-unsaturated/α-hetero) is 2. The van der Waals surface area contributed by atoms with E-state index in [9.17, 15) is 18.0 Å². The molecular weight excluding hydrogens is 436 g/mol. The molecule has 0 aliphatic heterocycles. The first-order valence-corrected chi connectivity index (χ1v) is 13.1. The van der Waals surface area contributed by atoms with Gasteiger partial charge in [0.25, 0.3) is 10.0 Å². The summed E-state index contributed by atoms with van der Waals surface area (Å²) in [5.41, 5.74) is 1.81. The molecule has 0 atom stereocenters. The monoisotopic (exact) mass is 468 g/mol. The van der Waals surface area contributed by atoms with E-state index in [4.69, 9.17) is 0 Å². The maximum absolute atomic E-state index is 13.5. The Bertz CT molecular complexity index is 1150. The maximum atomic E-state index is 13.5. The number of carbonyl (C=O) groups excluding carboxylic acids is 2. The molecule has 0 bridgehead atoms. The summed E-state index contributed by atoms with van der Waals surface area (Å²) in [6.07, 6.45) is 4.49. The maximum Gasteiger partial charge on any atom is 0.268 e. The Labute approximate surface area is 196 Å². The van der Waals surface area contributed by atoms with Crippen LogP contribution in [-0.2, 0) is 16.4 Å². The number of anilines is 1. The molecule has 176 valence electrons. The largest absolute Gasteiger partial charge is 0.367 e. The molecule has 2 aromatic carbocycles. The molecule has 0 unspecified atom stereocenters. The highest BCUT2D eigenvalue weighted by molar-refractivity contribution is 7.97. The number of nitrogens with zero attached hydrogens (tertiary/aromatic N) is 1. The molecule has 7 heteroatoms.